The van der Waals surface area contributed by atoms with Gasteiger partial charge in [0.05, 0.1) is 25.5 Å². The Morgan fingerprint density at radius 2 is 2.08 bits per heavy atom. The Labute approximate surface area is 145 Å². The summed E-state index contributed by atoms with van der Waals surface area (Å²) >= 11 is 0. The smallest absolute Gasteiger partial charge is 0.358 e. The van der Waals surface area contributed by atoms with E-state index in [1.807, 2.05) is 19.1 Å². The SMILES string of the molecule is COc1ccc(C(=O)/C=C2/N=C3C=C(C)C=CC3OC2=O)c(OC)c1. The quantitative estimate of drug-likeness (QED) is 0.479. The number of carbonyl (C=O) groups is 2. The fourth-order valence-electron chi connectivity index (χ4n) is 2.55. The summed E-state index contributed by atoms with van der Waals surface area (Å²) in [6.07, 6.45) is 6.11. The lowest BCUT2D eigenvalue weighted by molar-refractivity contribution is -0.140. The van der Waals surface area contributed by atoms with Crippen LogP contribution >= 0.6 is 0 Å². The summed E-state index contributed by atoms with van der Waals surface area (Å²) in [6, 6.07) is 4.83. The fourth-order valence-corrected chi connectivity index (χ4v) is 2.55. The first-order chi connectivity index (χ1) is 12.0. The molecule has 1 aromatic rings. The molecule has 128 valence electrons. The van der Waals surface area contributed by atoms with E-state index in [0.717, 1.165) is 11.6 Å². The molecule has 0 saturated carbocycles. The van der Waals surface area contributed by atoms with Gasteiger partial charge in [0.15, 0.2) is 17.6 Å². The maximum absolute atomic E-state index is 12.6. The van der Waals surface area contributed by atoms with Gasteiger partial charge in [0.25, 0.3) is 0 Å². The van der Waals surface area contributed by atoms with E-state index in [0.29, 0.717) is 22.8 Å². The van der Waals surface area contributed by atoms with Crippen molar-refractivity contribution in [3.05, 3.63) is 59.3 Å². The van der Waals surface area contributed by atoms with Crippen molar-refractivity contribution in [2.45, 2.75) is 13.0 Å². The molecule has 1 aromatic carbocycles. The van der Waals surface area contributed by atoms with Crippen LogP contribution in [0.4, 0.5) is 0 Å². The first-order valence-electron chi connectivity index (χ1n) is 7.66. The minimum atomic E-state index is -0.632. The van der Waals surface area contributed by atoms with Crippen LogP contribution in [-0.2, 0) is 9.53 Å². The van der Waals surface area contributed by atoms with Crippen molar-refractivity contribution >= 4 is 17.5 Å². The Morgan fingerprint density at radius 3 is 2.80 bits per heavy atom. The monoisotopic (exact) mass is 339 g/mol. The number of hydrogen-bond acceptors (Lipinski definition) is 6. The third-order valence-corrected chi connectivity index (χ3v) is 3.84. The van der Waals surface area contributed by atoms with Gasteiger partial charge in [0.2, 0.25) is 0 Å². The van der Waals surface area contributed by atoms with E-state index in [4.69, 9.17) is 14.2 Å². The zero-order chi connectivity index (χ0) is 18.0. The number of fused-ring (bicyclic) bond motifs is 1. The summed E-state index contributed by atoms with van der Waals surface area (Å²) in [6.45, 7) is 1.92. The number of carbonyl (C=O) groups excluding carboxylic acids is 2. The van der Waals surface area contributed by atoms with Crippen LogP contribution in [0, 0.1) is 0 Å². The number of benzene rings is 1. The summed E-state index contributed by atoms with van der Waals surface area (Å²) in [7, 11) is 2.98. The van der Waals surface area contributed by atoms with Crippen LogP contribution in [0.3, 0.4) is 0 Å². The highest BCUT2D eigenvalue weighted by Gasteiger charge is 2.28. The van der Waals surface area contributed by atoms with Gasteiger partial charge in [-0.25, -0.2) is 9.79 Å². The van der Waals surface area contributed by atoms with Crippen molar-refractivity contribution < 1.29 is 23.8 Å². The molecule has 1 unspecified atom stereocenters. The van der Waals surface area contributed by atoms with Gasteiger partial charge in [-0.2, -0.15) is 0 Å². The topological polar surface area (TPSA) is 74.2 Å². The molecule has 1 atom stereocenters. The van der Waals surface area contributed by atoms with Crippen molar-refractivity contribution in [3.63, 3.8) is 0 Å². The fraction of sp³-hybridized carbons (Fsp3) is 0.211. The highest BCUT2D eigenvalue weighted by Crippen LogP contribution is 2.26. The summed E-state index contributed by atoms with van der Waals surface area (Å²) < 4.78 is 15.6. The number of rotatable bonds is 4. The van der Waals surface area contributed by atoms with Crippen molar-refractivity contribution in [1.82, 2.24) is 0 Å². The molecule has 3 rings (SSSR count). The number of allylic oxidation sites excluding steroid dienone is 3. The largest absolute Gasteiger partial charge is 0.497 e. The molecule has 0 spiro atoms. The van der Waals surface area contributed by atoms with Crippen molar-refractivity contribution in [3.8, 4) is 11.5 Å². The number of hydrogen-bond donors (Lipinski definition) is 0. The molecule has 0 fully saturated rings. The number of esters is 1. The number of ketones is 1. The number of nitrogens with zero attached hydrogens (tertiary/aromatic N) is 1. The predicted octanol–water partition coefficient (Wildman–Crippen LogP) is 2.65. The Hall–Kier alpha value is -3.15. The normalized spacial score (nSPS) is 20.4. The predicted molar refractivity (Wildman–Crippen MR) is 92.2 cm³/mol. The highest BCUT2D eigenvalue weighted by atomic mass is 16.5. The Morgan fingerprint density at radius 1 is 1.28 bits per heavy atom. The molecule has 1 aliphatic heterocycles. The highest BCUT2D eigenvalue weighted by molar-refractivity contribution is 6.14. The molecule has 6 heteroatoms. The Balaban J connectivity index is 1.95. The molecule has 0 aromatic heterocycles. The number of aliphatic imine (C=N–C) groups is 1. The molecule has 25 heavy (non-hydrogen) atoms. The average molecular weight is 339 g/mol. The second kappa shape index (κ2) is 6.76. The summed E-state index contributed by atoms with van der Waals surface area (Å²) in [4.78, 5) is 28.9. The van der Waals surface area contributed by atoms with Gasteiger partial charge in [-0.1, -0.05) is 6.08 Å². The van der Waals surface area contributed by atoms with Crippen molar-refractivity contribution in [1.29, 1.82) is 0 Å². The average Bonchev–Trinajstić information content (AvgIpc) is 2.62. The van der Waals surface area contributed by atoms with E-state index in [-0.39, 0.29) is 5.70 Å². The molecule has 0 bridgehead atoms. The summed E-state index contributed by atoms with van der Waals surface area (Å²) in [5, 5.41) is 0. The maximum atomic E-state index is 12.6. The minimum Gasteiger partial charge on any atom is -0.497 e. The number of methoxy groups -OCH3 is 2. The second-order valence-electron chi connectivity index (χ2n) is 5.57. The third-order valence-electron chi connectivity index (χ3n) is 3.84. The molecule has 2 aliphatic rings. The van der Waals surface area contributed by atoms with Crippen LogP contribution in [-0.4, -0.2) is 37.8 Å². The van der Waals surface area contributed by atoms with Crippen molar-refractivity contribution in [2.24, 2.45) is 4.99 Å². The van der Waals surface area contributed by atoms with Crippen LogP contribution in [0.25, 0.3) is 0 Å². The van der Waals surface area contributed by atoms with E-state index in [1.54, 1.807) is 24.3 Å². The van der Waals surface area contributed by atoms with Gasteiger partial charge in [-0.05, 0) is 36.8 Å². The Bertz CT molecular complexity index is 861. The first-order valence-corrected chi connectivity index (χ1v) is 7.66. The van der Waals surface area contributed by atoms with Crippen molar-refractivity contribution in [2.75, 3.05) is 14.2 Å². The van der Waals surface area contributed by atoms with E-state index < -0.39 is 17.9 Å². The summed E-state index contributed by atoms with van der Waals surface area (Å²) in [5.41, 5.74) is 1.87. The standard InChI is InChI=1S/C19H17NO5/c1-11-4-7-17-14(8-11)20-15(19(22)25-17)10-16(21)13-6-5-12(23-2)9-18(13)24-3/h4-10,17H,1-3H3/b15-10+. The molecular formula is C19H17NO5. The van der Waals surface area contributed by atoms with Gasteiger partial charge in [-0.15, -0.1) is 0 Å². The summed E-state index contributed by atoms with van der Waals surface area (Å²) in [5.74, 6) is -0.114. The van der Waals surface area contributed by atoms with Gasteiger partial charge in [0, 0.05) is 12.1 Å². The Kier molecular flexibility index (Phi) is 4.52. The van der Waals surface area contributed by atoms with Gasteiger partial charge in [0.1, 0.15) is 11.5 Å². The van der Waals surface area contributed by atoms with Crippen LogP contribution < -0.4 is 9.47 Å². The molecular weight excluding hydrogens is 322 g/mol. The van der Waals surface area contributed by atoms with Gasteiger partial charge in [-0.3, -0.25) is 4.79 Å². The molecule has 6 nitrogen and oxygen atoms in total. The van der Waals surface area contributed by atoms with E-state index >= 15 is 0 Å². The van der Waals surface area contributed by atoms with Crippen LogP contribution in [0.2, 0.25) is 0 Å². The van der Waals surface area contributed by atoms with E-state index in [1.165, 1.54) is 14.2 Å². The van der Waals surface area contributed by atoms with E-state index in [9.17, 15) is 9.59 Å². The van der Waals surface area contributed by atoms with Gasteiger partial charge >= 0.3 is 5.97 Å². The zero-order valence-electron chi connectivity index (χ0n) is 14.1. The molecule has 1 aliphatic carbocycles. The molecule has 0 amide bonds. The molecule has 0 N–H and O–H groups in total. The second-order valence-corrected chi connectivity index (χ2v) is 5.57. The van der Waals surface area contributed by atoms with Crippen LogP contribution in [0.1, 0.15) is 17.3 Å². The molecule has 0 radical (unpaired) electrons. The zero-order valence-corrected chi connectivity index (χ0v) is 14.1. The lowest BCUT2D eigenvalue weighted by Gasteiger charge is -2.22. The van der Waals surface area contributed by atoms with E-state index in [2.05, 4.69) is 4.99 Å². The van der Waals surface area contributed by atoms with Crippen LogP contribution in [0.15, 0.2) is 58.8 Å². The molecule has 1 heterocycles. The lowest BCUT2D eigenvalue weighted by atomic mass is 10.0. The van der Waals surface area contributed by atoms with Gasteiger partial charge < -0.3 is 14.2 Å². The maximum Gasteiger partial charge on any atom is 0.358 e. The minimum absolute atomic E-state index is 0.0338. The van der Waals surface area contributed by atoms with Crippen LogP contribution in [0.5, 0.6) is 11.5 Å². The first kappa shape index (κ1) is 16.7. The molecule has 0 saturated heterocycles. The third kappa shape index (κ3) is 3.38. The number of ether oxygens (including phenoxy) is 3. The lowest BCUT2D eigenvalue weighted by Crippen LogP contribution is -2.31.